The molecule has 1 fully saturated rings. The van der Waals surface area contributed by atoms with Crippen LogP contribution in [0.25, 0.3) is 0 Å². The van der Waals surface area contributed by atoms with Crippen LogP contribution < -0.4 is 5.32 Å². The molecule has 1 saturated heterocycles. The Bertz CT molecular complexity index is 1030. The number of piperidine rings is 1. The van der Waals surface area contributed by atoms with E-state index in [1.165, 1.54) is 46.8 Å². The van der Waals surface area contributed by atoms with Crippen LogP contribution in [0.1, 0.15) is 35.7 Å². The lowest BCUT2D eigenvalue weighted by atomic mass is 10.0. The lowest BCUT2D eigenvalue weighted by Crippen LogP contribution is -2.37. The molecule has 0 aromatic heterocycles. The van der Waals surface area contributed by atoms with Gasteiger partial charge in [0.15, 0.2) is 0 Å². The molecule has 0 unspecified atom stereocenters. The van der Waals surface area contributed by atoms with Crippen LogP contribution in [0.3, 0.4) is 0 Å². The number of carbonyl (C=O) groups is 1. The zero-order valence-corrected chi connectivity index (χ0v) is 17.1. The van der Waals surface area contributed by atoms with E-state index < -0.39 is 20.9 Å². The molecule has 1 N–H and O–H groups in total. The zero-order chi connectivity index (χ0) is 21.2. The molecule has 1 amide bonds. The van der Waals surface area contributed by atoms with Crippen LogP contribution in [0.4, 0.5) is 11.4 Å². The fourth-order valence-corrected chi connectivity index (χ4v) is 4.77. The van der Waals surface area contributed by atoms with E-state index in [0.717, 1.165) is 12.8 Å². The number of nitrogens with one attached hydrogen (secondary N) is 1. The van der Waals surface area contributed by atoms with Crippen molar-refractivity contribution in [2.75, 3.05) is 18.4 Å². The second kappa shape index (κ2) is 8.30. The number of non-ortho nitro benzene ring substituents is 1. The summed E-state index contributed by atoms with van der Waals surface area (Å²) in [5.74, 6) is 0.111. The Hall–Kier alpha value is -2.78. The van der Waals surface area contributed by atoms with E-state index >= 15 is 0 Å². The molecule has 1 aliphatic heterocycles. The first kappa shape index (κ1) is 20.9. The van der Waals surface area contributed by atoms with E-state index in [2.05, 4.69) is 12.2 Å². The molecule has 0 bridgehead atoms. The van der Waals surface area contributed by atoms with Gasteiger partial charge >= 0.3 is 0 Å². The van der Waals surface area contributed by atoms with Gasteiger partial charge in [0, 0.05) is 36.5 Å². The SMILES string of the molecule is Cc1cc([N+](=O)[O-])ccc1C(=O)Nc1ccc(S(=O)(=O)N2CCC(C)CC2)cc1. The standard InChI is InChI=1S/C20H23N3O5S/c1-14-9-11-22(12-10-14)29(27,28)18-6-3-16(4-7-18)21-20(24)19-8-5-17(23(25)26)13-15(19)2/h3-8,13-14H,9-12H2,1-2H3,(H,21,24). The van der Waals surface area contributed by atoms with Gasteiger partial charge in [-0.15, -0.1) is 0 Å². The lowest BCUT2D eigenvalue weighted by molar-refractivity contribution is -0.384. The summed E-state index contributed by atoms with van der Waals surface area (Å²) in [5, 5.41) is 13.5. The van der Waals surface area contributed by atoms with Gasteiger partial charge in [0.25, 0.3) is 11.6 Å². The first-order chi connectivity index (χ1) is 13.7. The lowest BCUT2D eigenvalue weighted by Gasteiger charge is -2.29. The molecule has 0 saturated carbocycles. The normalized spacial score (nSPS) is 15.8. The van der Waals surface area contributed by atoms with E-state index in [9.17, 15) is 23.3 Å². The summed E-state index contributed by atoms with van der Waals surface area (Å²) < 4.78 is 27.0. The average molecular weight is 417 g/mol. The Kier molecular flexibility index (Phi) is 5.99. The topological polar surface area (TPSA) is 110 Å². The van der Waals surface area contributed by atoms with Crippen molar-refractivity contribution in [2.45, 2.75) is 31.6 Å². The summed E-state index contributed by atoms with van der Waals surface area (Å²) >= 11 is 0. The maximum Gasteiger partial charge on any atom is 0.269 e. The predicted molar refractivity (Wildman–Crippen MR) is 109 cm³/mol. The van der Waals surface area contributed by atoms with Crippen molar-refractivity contribution in [1.29, 1.82) is 0 Å². The Morgan fingerprint density at radius 1 is 1.14 bits per heavy atom. The van der Waals surface area contributed by atoms with Gasteiger partial charge in [-0.05, 0) is 61.6 Å². The minimum absolute atomic E-state index is 0.0827. The van der Waals surface area contributed by atoms with Crippen molar-refractivity contribution in [3.63, 3.8) is 0 Å². The van der Waals surface area contributed by atoms with Gasteiger partial charge in [0.1, 0.15) is 0 Å². The van der Waals surface area contributed by atoms with Crippen molar-refractivity contribution in [2.24, 2.45) is 5.92 Å². The Morgan fingerprint density at radius 2 is 1.76 bits per heavy atom. The molecule has 2 aromatic carbocycles. The summed E-state index contributed by atoms with van der Waals surface area (Å²) in [6, 6.07) is 10.0. The van der Waals surface area contributed by atoms with Crippen LogP contribution in [0.5, 0.6) is 0 Å². The molecule has 8 nitrogen and oxygen atoms in total. The number of hydrogen-bond acceptors (Lipinski definition) is 5. The van der Waals surface area contributed by atoms with Crippen molar-refractivity contribution in [3.8, 4) is 0 Å². The maximum absolute atomic E-state index is 12.8. The highest BCUT2D eigenvalue weighted by Gasteiger charge is 2.28. The van der Waals surface area contributed by atoms with Gasteiger partial charge in [-0.2, -0.15) is 4.31 Å². The average Bonchev–Trinajstić information content (AvgIpc) is 2.68. The molecule has 0 spiro atoms. The Labute approximate surface area is 169 Å². The highest BCUT2D eigenvalue weighted by molar-refractivity contribution is 7.89. The fourth-order valence-electron chi connectivity index (χ4n) is 3.30. The maximum atomic E-state index is 12.8. The summed E-state index contributed by atoms with van der Waals surface area (Å²) in [6.45, 7) is 4.77. The van der Waals surface area contributed by atoms with Crippen LogP contribution in [-0.4, -0.2) is 36.6 Å². The van der Waals surface area contributed by atoms with Crippen molar-refractivity contribution in [1.82, 2.24) is 4.31 Å². The third-order valence-electron chi connectivity index (χ3n) is 5.16. The number of rotatable bonds is 5. The van der Waals surface area contributed by atoms with Gasteiger partial charge < -0.3 is 5.32 Å². The first-order valence-corrected chi connectivity index (χ1v) is 10.8. The van der Waals surface area contributed by atoms with Crippen LogP contribution >= 0.6 is 0 Å². The van der Waals surface area contributed by atoms with Gasteiger partial charge in [-0.25, -0.2) is 8.42 Å². The molecule has 0 radical (unpaired) electrons. The van der Waals surface area contributed by atoms with Crippen LogP contribution in [0.15, 0.2) is 47.4 Å². The zero-order valence-electron chi connectivity index (χ0n) is 16.3. The second-order valence-electron chi connectivity index (χ2n) is 7.32. The second-order valence-corrected chi connectivity index (χ2v) is 9.26. The van der Waals surface area contributed by atoms with Crippen LogP contribution in [0.2, 0.25) is 0 Å². The summed E-state index contributed by atoms with van der Waals surface area (Å²) in [5.41, 5.74) is 1.16. The molecule has 3 rings (SSSR count). The number of sulfonamides is 1. The van der Waals surface area contributed by atoms with Crippen molar-refractivity contribution < 1.29 is 18.1 Å². The molecule has 29 heavy (non-hydrogen) atoms. The molecule has 0 atom stereocenters. The Balaban J connectivity index is 1.72. The summed E-state index contributed by atoms with van der Waals surface area (Å²) in [4.78, 5) is 23.0. The molecule has 154 valence electrons. The molecule has 1 heterocycles. The van der Waals surface area contributed by atoms with Crippen LogP contribution in [0, 0.1) is 23.0 Å². The van der Waals surface area contributed by atoms with Gasteiger partial charge in [-0.3, -0.25) is 14.9 Å². The van der Waals surface area contributed by atoms with E-state index in [4.69, 9.17) is 0 Å². The van der Waals surface area contributed by atoms with Gasteiger partial charge in [0.05, 0.1) is 9.82 Å². The van der Waals surface area contributed by atoms with Crippen molar-refractivity contribution in [3.05, 3.63) is 63.7 Å². The number of carbonyl (C=O) groups excluding carboxylic acids is 1. The quantitative estimate of drug-likeness (QED) is 0.591. The minimum Gasteiger partial charge on any atom is -0.322 e. The smallest absolute Gasteiger partial charge is 0.269 e. The molecule has 2 aromatic rings. The number of nitro groups is 1. The largest absolute Gasteiger partial charge is 0.322 e. The van der Waals surface area contributed by atoms with Gasteiger partial charge in [0.2, 0.25) is 10.0 Å². The summed E-state index contributed by atoms with van der Waals surface area (Å²) in [7, 11) is -3.55. The van der Waals surface area contributed by atoms with E-state index in [1.54, 1.807) is 6.92 Å². The highest BCUT2D eigenvalue weighted by Crippen LogP contribution is 2.25. The monoisotopic (exact) mass is 417 g/mol. The van der Waals surface area contributed by atoms with E-state index in [-0.39, 0.29) is 10.6 Å². The third kappa shape index (κ3) is 4.63. The molecule has 1 aliphatic rings. The number of nitrogens with zero attached hydrogens (tertiary/aromatic N) is 2. The third-order valence-corrected chi connectivity index (χ3v) is 7.07. The minimum atomic E-state index is -3.55. The van der Waals surface area contributed by atoms with E-state index in [0.29, 0.717) is 35.8 Å². The number of amides is 1. The van der Waals surface area contributed by atoms with Crippen molar-refractivity contribution >= 4 is 27.3 Å². The Morgan fingerprint density at radius 3 is 2.31 bits per heavy atom. The first-order valence-electron chi connectivity index (χ1n) is 9.35. The van der Waals surface area contributed by atoms with Crippen LogP contribution in [-0.2, 0) is 10.0 Å². The van der Waals surface area contributed by atoms with Gasteiger partial charge in [-0.1, -0.05) is 6.92 Å². The molecule has 9 heteroatoms. The predicted octanol–water partition coefficient (Wildman–Crippen LogP) is 3.58. The number of nitro benzene ring substituents is 1. The number of aryl methyl sites for hydroxylation is 1. The number of hydrogen-bond donors (Lipinski definition) is 1. The number of anilines is 1. The van der Waals surface area contributed by atoms with E-state index in [1.807, 2.05) is 0 Å². The fraction of sp³-hybridized carbons (Fsp3) is 0.350. The number of benzene rings is 2. The molecular formula is C20H23N3O5S. The summed E-state index contributed by atoms with van der Waals surface area (Å²) in [6.07, 6.45) is 1.70. The molecule has 0 aliphatic carbocycles. The molecular weight excluding hydrogens is 394 g/mol. The highest BCUT2D eigenvalue weighted by atomic mass is 32.2.